The van der Waals surface area contributed by atoms with Crippen LogP contribution in [0.15, 0.2) is 77.0 Å². The Hall–Kier alpha value is -5.18. The first kappa shape index (κ1) is 24.2. The second-order valence-corrected chi connectivity index (χ2v) is 9.93. The summed E-state index contributed by atoms with van der Waals surface area (Å²) in [4.78, 5) is 37.2. The van der Waals surface area contributed by atoms with E-state index in [1.807, 2.05) is 31.2 Å². The maximum absolute atomic E-state index is 11.9. The van der Waals surface area contributed by atoms with Crippen molar-refractivity contribution in [2.75, 3.05) is 5.01 Å². The number of hydrogen-bond acceptors (Lipinski definition) is 11. The second-order valence-electron chi connectivity index (χ2n) is 8.82. The zero-order valence-corrected chi connectivity index (χ0v) is 20.8. The average Bonchev–Trinajstić information content (AvgIpc) is 3.58. The smallest absolute Gasteiger partial charge is 0.258 e. The molecular formula is C24H16N8O6S. The van der Waals surface area contributed by atoms with Crippen molar-refractivity contribution in [3.05, 3.63) is 108 Å². The number of nitrogens with zero attached hydrogens (tertiary/aromatic N) is 8. The third-order valence-corrected chi connectivity index (χ3v) is 7.61. The van der Waals surface area contributed by atoms with Gasteiger partial charge in [0, 0.05) is 23.8 Å². The van der Waals surface area contributed by atoms with Crippen LogP contribution in [0.4, 0.5) is 22.7 Å². The summed E-state index contributed by atoms with van der Waals surface area (Å²) in [7, 11) is 0. The monoisotopic (exact) mass is 544 g/mol. The summed E-state index contributed by atoms with van der Waals surface area (Å²) < 4.78 is 1.58. The molecule has 0 aliphatic carbocycles. The van der Waals surface area contributed by atoms with Crippen molar-refractivity contribution in [3.8, 4) is 11.4 Å². The van der Waals surface area contributed by atoms with Gasteiger partial charge in [-0.15, -0.1) is 5.10 Å². The van der Waals surface area contributed by atoms with Gasteiger partial charge in [0.05, 0.1) is 26.9 Å². The molecule has 6 rings (SSSR count). The topological polar surface area (TPSA) is 176 Å². The molecule has 0 saturated carbocycles. The molecule has 39 heavy (non-hydrogen) atoms. The van der Waals surface area contributed by atoms with E-state index >= 15 is 0 Å². The van der Waals surface area contributed by atoms with E-state index in [1.165, 1.54) is 41.0 Å². The fourth-order valence-corrected chi connectivity index (χ4v) is 5.77. The van der Waals surface area contributed by atoms with Crippen LogP contribution in [0.2, 0.25) is 0 Å². The predicted molar refractivity (Wildman–Crippen MR) is 141 cm³/mol. The molecule has 0 radical (unpaired) electrons. The summed E-state index contributed by atoms with van der Waals surface area (Å²) in [6, 6.07) is 16.3. The van der Waals surface area contributed by atoms with Crippen LogP contribution in [0, 0.1) is 37.3 Å². The largest absolute Gasteiger partial charge is 0.301 e. The maximum atomic E-state index is 11.9. The first-order chi connectivity index (χ1) is 18.7. The zero-order chi connectivity index (χ0) is 27.4. The summed E-state index contributed by atoms with van der Waals surface area (Å²) >= 11 is 1.36. The minimum Gasteiger partial charge on any atom is -0.258 e. The van der Waals surface area contributed by atoms with E-state index in [4.69, 9.17) is 5.10 Å². The van der Waals surface area contributed by atoms with Crippen LogP contribution in [0.1, 0.15) is 17.2 Å². The molecule has 14 nitrogen and oxygen atoms in total. The van der Waals surface area contributed by atoms with Gasteiger partial charge in [-0.3, -0.25) is 30.3 Å². The number of aromatic nitrogens is 3. The highest BCUT2D eigenvalue weighted by atomic mass is 32.2. The van der Waals surface area contributed by atoms with Crippen molar-refractivity contribution in [1.29, 1.82) is 0 Å². The van der Waals surface area contributed by atoms with E-state index in [9.17, 15) is 30.3 Å². The number of aryl methyl sites for hydroxylation is 1. The molecule has 0 bridgehead atoms. The highest BCUT2D eigenvalue weighted by Gasteiger charge is 2.48. The Morgan fingerprint density at radius 2 is 1.51 bits per heavy atom. The first-order valence-electron chi connectivity index (χ1n) is 11.5. The van der Waals surface area contributed by atoms with Crippen LogP contribution in [0.25, 0.3) is 11.4 Å². The average molecular weight is 545 g/mol. The van der Waals surface area contributed by atoms with Crippen LogP contribution in [-0.4, -0.2) is 40.6 Å². The molecule has 3 heterocycles. The molecule has 15 heteroatoms. The minimum absolute atomic E-state index is 0.0388. The second kappa shape index (κ2) is 8.98. The predicted octanol–water partition coefficient (Wildman–Crippen LogP) is 4.88. The molecule has 194 valence electrons. The molecule has 3 aromatic carbocycles. The highest BCUT2D eigenvalue weighted by molar-refractivity contribution is 8.01. The zero-order valence-electron chi connectivity index (χ0n) is 19.9. The van der Waals surface area contributed by atoms with Gasteiger partial charge in [-0.05, 0) is 30.7 Å². The molecule has 0 unspecified atom stereocenters. The van der Waals surface area contributed by atoms with Gasteiger partial charge in [-0.25, -0.2) is 9.99 Å². The van der Waals surface area contributed by atoms with Gasteiger partial charge in [-0.2, -0.15) is 9.78 Å². The quantitative estimate of drug-likeness (QED) is 0.240. The minimum atomic E-state index is -0.709. The standard InChI is InChI=1S/C24H16N8O6S/c1-13-2-4-15(5-3-13)22-25-24-29(26-22)23-21(39-24)20(14-6-8-16(9-7-14)30(33)34)28(27-23)18-11-10-17(31(35)36)12-19(18)32(37)38/h2-12,20-21H,1H3/t20-,21-/m1/s1. The van der Waals surface area contributed by atoms with Crippen molar-refractivity contribution < 1.29 is 14.8 Å². The summed E-state index contributed by atoms with van der Waals surface area (Å²) in [6.45, 7) is 1.97. The summed E-state index contributed by atoms with van der Waals surface area (Å²) in [5.74, 6) is 0.960. The number of fused-ring (bicyclic) bond motifs is 3. The SMILES string of the molecule is Cc1ccc(-c2nc3n(n2)C2=NN(c4ccc([N+](=O)[O-])cc4[N+](=O)[O-])[C@H](c4ccc([N+](=O)[O-])cc4)[C@H]2S3)cc1. The number of rotatable bonds is 6. The number of hydrogen-bond donors (Lipinski definition) is 0. The van der Waals surface area contributed by atoms with E-state index in [1.54, 1.807) is 16.8 Å². The lowest BCUT2D eigenvalue weighted by Crippen LogP contribution is -2.27. The van der Waals surface area contributed by atoms with Gasteiger partial charge in [0.2, 0.25) is 0 Å². The van der Waals surface area contributed by atoms with Gasteiger partial charge in [0.15, 0.2) is 16.8 Å². The van der Waals surface area contributed by atoms with Crippen LogP contribution in [-0.2, 0) is 0 Å². The maximum Gasteiger partial charge on any atom is 0.301 e. The lowest BCUT2D eigenvalue weighted by Gasteiger charge is -2.26. The van der Waals surface area contributed by atoms with E-state index in [-0.39, 0.29) is 11.4 Å². The van der Waals surface area contributed by atoms with Gasteiger partial charge in [-0.1, -0.05) is 41.6 Å². The molecule has 1 aromatic heterocycles. The molecule has 2 aliphatic rings. The van der Waals surface area contributed by atoms with E-state index < -0.39 is 37.4 Å². The third-order valence-electron chi connectivity index (χ3n) is 6.41. The van der Waals surface area contributed by atoms with Crippen molar-refractivity contribution in [3.63, 3.8) is 0 Å². The van der Waals surface area contributed by atoms with Crippen LogP contribution in [0.5, 0.6) is 0 Å². The van der Waals surface area contributed by atoms with E-state index in [0.29, 0.717) is 22.4 Å². The van der Waals surface area contributed by atoms with Gasteiger partial charge in [0.1, 0.15) is 10.9 Å². The third kappa shape index (κ3) is 4.04. The molecule has 0 amide bonds. The normalized spacial score (nSPS) is 17.5. The molecule has 0 N–H and O–H groups in total. The van der Waals surface area contributed by atoms with Crippen molar-refractivity contribution in [2.24, 2.45) is 5.10 Å². The molecule has 4 aromatic rings. The first-order valence-corrected chi connectivity index (χ1v) is 12.4. The number of non-ortho nitro benzene ring substituents is 2. The number of nitro groups is 3. The molecule has 2 atom stereocenters. The number of hydrazone groups is 1. The lowest BCUT2D eigenvalue weighted by atomic mass is 10.0. The molecular weight excluding hydrogens is 528 g/mol. The lowest BCUT2D eigenvalue weighted by molar-refractivity contribution is -0.393. The Balaban J connectivity index is 1.47. The Labute approximate surface area is 223 Å². The van der Waals surface area contributed by atoms with Crippen LogP contribution in [0.3, 0.4) is 0 Å². The fourth-order valence-electron chi connectivity index (χ4n) is 4.52. The number of thioether (sulfide) groups is 1. The number of benzene rings is 3. The van der Waals surface area contributed by atoms with Crippen molar-refractivity contribution in [2.45, 2.75) is 23.4 Å². The Morgan fingerprint density at radius 3 is 2.15 bits per heavy atom. The molecule has 0 fully saturated rings. The molecule has 0 saturated heterocycles. The molecule has 0 spiro atoms. The molecule has 2 aliphatic heterocycles. The van der Waals surface area contributed by atoms with Crippen molar-refractivity contribution >= 4 is 40.3 Å². The van der Waals surface area contributed by atoms with Crippen LogP contribution < -0.4 is 5.01 Å². The summed E-state index contributed by atoms with van der Waals surface area (Å²) in [5.41, 5.74) is 1.51. The Morgan fingerprint density at radius 1 is 0.846 bits per heavy atom. The van der Waals surface area contributed by atoms with Gasteiger partial charge < -0.3 is 0 Å². The fraction of sp³-hybridized carbons (Fsp3) is 0.125. The number of nitro benzene ring substituents is 3. The number of anilines is 1. The Bertz CT molecular complexity index is 1700. The Kier molecular flexibility index (Phi) is 5.57. The van der Waals surface area contributed by atoms with E-state index in [2.05, 4.69) is 10.1 Å². The van der Waals surface area contributed by atoms with Gasteiger partial charge in [0.25, 0.3) is 11.4 Å². The van der Waals surface area contributed by atoms with Gasteiger partial charge >= 0.3 is 5.69 Å². The van der Waals surface area contributed by atoms with E-state index in [0.717, 1.165) is 17.2 Å². The summed E-state index contributed by atoms with van der Waals surface area (Å²) in [5, 5.41) is 45.4. The van der Waals surface area contributed by atoms with Crippen molar-refractivity contribution in [1.82, 2.24) is 14.8 Å². The van der Waals surface area contributed by atoms with Crippen LogP contribution >= 0.6 is 11.8 Å². The summed E-state index contributed by atoms with van der Waals surface area (Å²) in [6.07, 6.45) is 0. The highest BCUT2D eigenvalue weighted by Crippen LogP contribution is 2.49.